The van der Waals surface area contributed by atoms with Gasteiger partial charge in [-0.3, -0.25) is 4.79 Å². The second-order valence-electron chi connectivity index (χ2n) is 8.83. The van der Waals surface area contributed by atoms with Crippen LogP contribution in [0.4, 0.5) is 0 Å². The van der Waals surface area contributed by atoms with Crippen LogP contribution in [0.15, 0.2) is 120 Å². The van der Waals surface area contributed by atoms with Gasteiger partial charge >= 0.3 is 5.97 Å². The van der Waals surface area contributed by atoms with Gasteiger partial charge in [0.1, 0.15) is 0 Å². The monoisotopic (exact) mass is 493 g/mol. The zero-order valence-corrected chi connectivity index (χ0v) is 20.3. The van der Waals surface area contributed by atoms with Crippen molar-refractivity contribution in [2.45, 2.75) is 24.3 Å². The van der Waals surface area contributed by atoms with Crippen molar-refractivity contribution in [3.05, 3.63) is 143 Å². The Hall–Kier alpha value is -4.02. The Kier molecular flexibility index (Phi) is 6.79. The highest BCUT2D eigenvalue weighted by atomic mass is 35.5. The fraction of sp³-hybridized carbons (Fsp3) is 0.129. The van der Waals surface area contributed by atoms with Gasteiger partial charge < -0.3 is 4.74 Å². The number of esters is 1. The van der Waals surface area contributed by atoms with E-state index < -0.39 is 17.4 Å². The van der Waals surface area contributed by atoms with Gasteiger partial charge in [0.15, 0.2) is 11.3 Å². The lowest BCUT2D eigenvalue weighted by atomic mass is 9.73. The zero-order valence-electron chi connectivity index (χ0n) is 19.5. The van der Waals surface area contributed by atoms with E-state index >= 15 is 0 Å². The molecule has 0 aromatic heterocycles. The van der Waals surface area contributed by atoms with Crippen molar-refractivity contribution in [3.8, 4) is 0 Å². The summed E-state index contributed by atoms with van der Waals surface area (Å²) in [5.41, 5.74) is 1.56. The summed E-state index contributed by atoms with van der Waals surface area (Å²) in [4.78, 5) is 32.3. The van der Waals surface area contributed by atoms with Crippen molar-refractivity contribution in [2.75, 3.05) is 0 Å². The van der Waals surface area contributed by atoms with Crippen LogP contribution < -0.4 is 0 Å². The number of hydrogen-bond donors (Lipinski definition) is 0. The second kappa shape index (κ2) is 10.3. The molecule has 2 atom stereocenters. The van der Waals surface area contributed by atoms with Gasteiger partial charge in [-0.25, -0.2) is 9.79 Å². The molecule has 178 valence electrons. The van der Waals surface area contributed by atoms with Gasteiger partial charge in [-0.2, -0.15) is 0 Å². The Balaban J connectivity index is 1.67. The number of hydrogen-bond acceptors (Lipinski definition) is 4. The van der Waals surface area contributed by atoms with E-state index in [9.17, 15) is 9.59 Å². The van der Waals surface area contributed by atoms with E-state index in [0.29, 0.717) is 16.1 Å². The Morgan fingerprint density at radius 1 is 0.806 bits per heavy atom. The summed E-state index contributed by atoms with van der Waals surface area (Å²) in [7, 11) is 0. The van der Waals surface area contributed by atoms with Crippen molar-refractivity contribution in [2.24, 2.45) is 4.99 Å². The molecule has 4 aromatic rings. The molecule has 5 rings (SSSR count). The van der Waals surface area contributed by atoms with Gasteiger partial charge in [0.25, 0.3) is 0 Å². The number of Topliss-reactive ketones (excluding diaryl/α,β-unsaturated/α-hetero) is 1. The van der Waals surface area contributed by atoms with Gasteiger partial charge in [-0.1, -0.05) is 115 Å². The Bertz CT molecular complexity index is 1400. The number of carbonyl (C=O) groups excluding carboxylic acids is 2. The van der Waals surface area contributed by atoms with E-state index in [4.69, 9.17) is 21.3 Å². The van der Waals surface area contributed by atoms with Crippen LogP contribution >= 0.6 is 11.6 Å². The number of nitrogens with zero attached hydrogens (tertiary/aromatic N) is 1. The highest BCUT2D eigenvalue weighted by Crippen LogP contribution is 2.43. The van der Waals surface area contributed by atoms with Crippen molar-refractivity contribution >= 4 is 29.3 Å². The first-order valence-corrected chi connectivity index (χ1v) is 12.2. The molecule has 4 nitrogen and oxygen atoms in total. The molecule has 0 unspecified atom stereocenters. The van der Waals surface area contributed by atoms with E-state index in [1.165, 1.54) is 0 Å². The molecule has 0 spiro atoms. The van der Waals surface area contributed by atoms with Gasteiger partial charge in [-0.05, 0) is 23.3 Å². The summed E-state index contributed by atoms with van der Waals surface area (Å²) >= 11 is 6.44. The quantitative estimate of drug-likeness (QED) is 0.203. The predicted molar refractivity (Wildman–Crippen MR) is 142 cm³/mol. The topological polar surface area (TPSA) is 55.7 Å². The van der Waals surface area contributed by atoms with Crippen LogP contribution in [0.25, 0.3) is 0 Å². The number of ketones is 1. The van der Waals surface area contributed by atoms with E-state index in [1.807, 2.05) is 91.0 Å². The fourth-order valence-corrected chi connectivity index (χ4v) is 4.93. The van der Waals surface area contributed by atoms with Crippen LogP contribution in [0.2, 0.25) is 5.02 Å². The summed E-state index contributed by atoms with van der Waals surface area (Å²) in [6, 6.07) is 35.6. The molecule has 0 amide bonds. The Morgan fingerprint density at radius 3 is 2.06 bits per heavy atom. The van der Waals surface area contributed by atoms with E-state index in [1.54, 1.807) is 24.3 Å². The number of ether oxygens (including phenoxy) is 1. The molecule has 0 aliphatic carbocycles. The fourth-order valence-electron chi connectivity index (χ4n) is 4.71. The number of aliphatic imine (C=N–C) groups is 1. The van der Waals surface area contributed by atoms with Crippen LogP contribution in [0.1, 0.15) is 39.4 Å². The maximum atomic E-state index is 13.8. The SMILES string of the molecule is O=C(C[C@H](c1ccccc1)[C@@]1(Cc2ccccc2)N=C(c2ccccc2Cl)OC1=O)c1ccccc1. The van der Waals surface area contributed by atoms with Crippen molar-refractivity contribution in [1.29, 1.82) is 0 Å². The highest BCUT2D eigenvalue weighted by molar-refractivity contribution is 6.34. The average Bonchev–Trinajstić information content (AvgIpc) is 3.25. The summed E-state index contributed by atoms with van der Waals surface area (Å²) in [5.74, 6) is -0.934. The number of cyclic esters (lactones) is 1. The van der Waals surface area contributed by atoms with Crippen molar-refractivity contribution in [1.82, 2.24) is 0 Å². The molecule has 0 N–H and O–H groups in total. The molecule has 1 aliphatic heterocycles. The molecule has 36 heavy (non-hydrogen) atoms. The number of rotatable bonds is 8. The molecule has 0 saturated carbocycles. The van der Waals surface area contributed by atoms with Crippen molar-refractivity contribution in [3.63, 3.8) is 0 Å². The third-order valence-electron chi connectivity index (χ3n) is 6.53. The largest absolute Gasteiger partial charge is 0.405 e. The lowest BCUT2D eigenvalue weighted by molar-refractivity contribution is -0.139. The highest BCUT2D eigenvalue weighted by Gasteiger charge is 2.53. The Morgan fingerprint density at radius 2 is 1.39 bits per heavy atom. The second-order valence-corrected chi connectivity index (χ2v) is 9.24. The van der Waals surface area contributed by atoms with E-state index in [2.05, 4.69) is 0 Å². The third kappa shape index (κ3) is 4.73. The molecule has 5 heteroatoms. The first-order chi connectivity index (χ1) is 17.6. The summed E-state index contributed by atoms with van der Waals surface area (Å²) < 4.78 is 5.82. The molecule has 0 saturated heterocycles. The van der Waals surface area contributed by atoms with Gasteiger partial charge in [0.05, 0.1) is 10.6 Å². The van der Waals surface area contributed by atoms with Crippen LogP contribution in [0.3, 0.4) is 0 Å². The number of benzene rings is 4. The number of carbonyl (C=O) groups is 2. The first kappa shape index (κ1) is 23.7. The minimum Gasteiger partial charge on any atom is -0.405 e. The molecule has 1 heterocycles. The lowest BCUT2D eigenvalue weighted by Crippen LogP contribution is -2.43. The summed E-state index contributed by atoms with van der Waals surface area (Å²) in [5, 5.41) is 0.441. The maximum Gasteiger partial charge on any atom is 0.341 e. The molecule has 0 fully saturated rings. The molecule has 0 bridgehead atoms. The molecule has 0 radical (unpaired) electrons. The van der Waals surface area contributed by atoms with Crippen molar-refractivity contribution < 1.29 is 14.3 Å². The molecular formula is C31H24ClNO3. The number of halogens is 1. The van der Waals surface area contributed by atoms with Crippen LogP contribution in [0, 0.1) is 0 Å². The zero-order chi connectivity index (χ0) is 25.0. The van der Waals surface area contributed by atoms with E-state index in [-0.39, 0.29) is 24.5 Å². The summed E-state index contributed by atoms with van der Waals surface area (Å²) in [6.07, 6.45) is 0.373. The third-order valence-corrected chi connectivity index (χ3v) is 6.86. The van der Waals surface area contributed by atoms with Crippen LogP contribution in [-0.4, -0.2) is 23.2 Å². The van der Waals surface area contributed by atoms with Crippen LogP contribution in [0.5, 0.6) is 0 Å². The average molecular weight is 494 g/mol. The minimum absolute atomic E-state index is 0.0638. The normalized spacial score (nSPS) is 17.8. The smallest absolute Gasteiger partial charge is 0.341 e. The van der Waals surface area contributed by atoms with E-state index in [0.717, 1.165) is 11.1 Å². The first-order valence-electron chi connectivity index (χ1n) is 11.8. The lowest BCUT2D eigenvalue weighted by Gasteiger charge is -2.32. The van der Waals surface area contributed by atoms with Gasteiger partial charge in [0.2, 0.25) is 5.90 Å². The summed E-state index contributed by atoms with van der Waals surface area (Å²) in [6.45, 7) is 0. The standard InChI is InChI=1S/C31H24ClNO3/c32-27-19-11-10-18-25(27)29-33-31(30(35)36-29,21-22-12-4-1-5-13-22)26(23-14-6-2-7-15-23)20-28(34)24-16-8-3-9-17-24/h1-19,26H,20-21H2/t26-,31-/m1/s1. The predicted octanol–water partition coefficient (Wildman–Crippen LogP) is 6.68. The molecular weight excluding hydrogens is 470 g/mol. The van der Waals surface area contributed by atoms with Gasteiger partial charge in [0, 0.05) is 24.3 Å². The van der Waals surface area contributed by atoms with Gasteiger partial charge in [-0.15, -0.1) is 0 Å². The minimum atomic E-state index is -1.35. The molecule has 1 aliphatic rings. The molecule has 4 aromatic carbocycles. The maximum absolute atomic E-state index is 13.8. The van der Waals surface area contributed by atoms with Crippen LogP contribution in [-0.2, 0) is 16.0 Å². The Labute approximate surface area is 215 Å².